The van der Waals surface area contributed by atoms with Crippen LogP contribution in [-0.4, -0.2) is 15.6 Å². The zero-order valence-electron chi connectivity index (χ0n) is 10.8. The van der Waals surface area contributed by atoms with Gasteiger partial charge in [-0.1, -0.05) is 0 Å². The molecule has 0 aromatic carbocycles. The van der Waals surface area contributed by atoms with Crippen LogP contribution in [0, 0.1) is 0 Å². The van der Waals surface area contributed by atoms with E-state index in [1.165, 1.54) is 11.1 Å². The molecule has 1 saturated heterocycles. The zero-order chi connectivity index (χ0) is 13.0. The Morgan fingerprint density at radius 1 is 0.737 bits per heavy atom. The lowest BCUT2D eigenvalue weighted by atomic mass is 9.97. The average Bonchev–Trinajstić information content (AvgIpc) is 3.26. The minimum absolute atomic E-state index is 0.118. The minimum atomic E-state index is 0.118. The standard InChI is InChI=1S/C15H18N4/c1(13-3-9-16-10-4-13)7-15(18-19-15)8-2-14-5-11-17-12-6-14/h3-6,9-12,18-19H,1-2,7-8H2. The molecule has 98 valence electrons. The first-order valence-electron chi connectivity index (χ1n) is 6.69. The topological polar surface area (TPSA) is 69.7 Å². The van der Waals surface area contributed by atoms with Gasteiger partial charge in [-0.25, -0.2) is 10.9 Å². The lowest BCUT2D eigenvalue weighted by Crippen LogP contribution is -2.19. The van der Waals surface area contributed by atoms with Gasteiger partial charge in [-0.3, -0.25) is 9.97 Å². The van der Waals surface area contributed by atoms with E-state index in [4.69, 9.17) is 0 Å². The monoisotopic (exact) mass is 254 g/mol. The Kier molecular flexibility index (Phi) is 3.53. The molecule has 0 bridgehead atoms. The van der Waals surface area contributed by atoms with Gasteiger partial charge in [0.15, 0.2) is 0 Å². The Hall–Kier alpha value is -1.78. The maximum absolute atomic E-state index is 4.04. The number of pyridine rings is 2. The van der Waals surface area contributed by atoms with Crippen molar-refractivity contribution in [2.75, 3.05) is 0 Å². The van der Waals surface area contributed by atoms with Gasteiger partial charge >= 0.3 is 0 Å². The van der Waals surface area contributed by atoms with E-state index < -0.39 is 0 Å². The van der Waals surface area contributed by atoms with Crippen molar-refractivity contribution < 1.29 is 0 Å². The summed E-state index contributed by atoms with van der Waals surface area (Å²) in [6.45, 7) is 0. The number of aryl methyl sites for hydroxylation is 2. The Balaban J connectivity index is 1.50. The molecule has 0 aliphatic carbocycles. The summed E-state index contributed by atoms with van der Waals surface area (Å²) in [6, 6.07) is 8.33. The predicted octanol–water partition coefficient (Wildman–Crippen LogP) is 1.85. The zero-order valence-corrected chi connectivity index (χ0v) is 10.8. The molecule has 1 fully saturated rings. The summed E-state index contributed by atoms with van der Waals surface area (Å²) in [5, 5.41) is 0. The Morgan fingerprint density at radius 3 is 1.53 bits per heavy atom. The second kappa shape index (κ2) is 5.47. The summed E-state index contributed by atoms with van der Waals surface area (Å²) in [7, 11) is 0. The van der Waals surface area contributed by atoms with Crippen molar-refractivity contribution in [3.8, 4) is 0 Å². The van der Waals surface area contributed by atoms with Gasteiger partial charge in [0.2, 0.25) is 0 Å². The molecule has 0 atom stereocenters. The smallest absolute Gasteiger partial charge is 0.0949 e. The van der Waals surface area contributed by atoms with E-state index in [9.17, 15) is 0 Å². The van der Waals surface area contributed by atoms with Gasteiger partial charge in [-0.05, 0) is 61.1 Å². The third-order valence-corrected chi connectivity index (χ3v) is 3.66. The van der Waals surface area contributed by atoms with Gasteiger partial charge in [-0.2, -0.15) is 0 Å². The van der Waals surface area contributed by atoms with Crippen LogP contribution in [0.1, 0.15) is 24.0 Å². The van der Waals surface area contributed by atoms with Gasteiger partial charge in [-0.15, -0.1) is 0 Å². The first kappa shape index (κ1) is 12.3. The molecule has 3 rings (SSSR count). The van der Waals surface area contributed by atoms with Crippen LogP contribution < -0.4 is 10.9 Å². The van der Waals surface area contributed by atoms with Gasteiger partial charge in [0.1, 0.15) is 0 Å². The highest BCUT2D eigenvalue weighted by molar-refractivity contribution is 5.14. The lowest BCUT2D eigenvalue weighted by molar-refractivity contribution is 0.510. The summed E-state index contributed by atoms with van der Waals surface area (Å²) < 4.78 is 0. The summed E-state index contributed by atoms with van der Waals surface area (Å²) >= 11 is 0. The molecule has 1 aliphatic rings. The normalized spacial score (nSPS) is 16.2. The van der Waals surface area contributed by atoms with E-state index in [0.29, 0.717) is 0 Å². The fourth-order valence-electron chi connectivity index (χ4n) is 2.28. The Bertz CT molecular complexity index is 463. The highest BCUT2D eigenvalue weighted by Gasteiger charge is 2.40. The first-order chi connectivity index (χ1) is 9.36. The van der Waals surface area contributed by atoms with Crippen molar-refractivity contribution >= 4 is 0 Å². The van der Waals surface area contributed by atoms with Gasteiger partial charge in [0.05, 0.1) is 5.66 Å². The molecule has 0 radical (unpaired) electrons. The number of hydrogen-bond donors (Lipinski definition) is 2. The van der Waals surface area contributed by atoms with E-state index in [1.807, 2.05) is 24.8 Å². The fourth-order valence-corrected chi connectivity index (χ4v) is 2.28. The van der Waals surface area contributed by atoms with Gasteiger partial charge < -0.3 is 0 Å². The highest BCUT2D eigenvalue weighted by Crippen LogP contribution is 2.24. The number of hydrazine groups is 1. The second-order valence-corrected chi connectivity index (χ2v) is 5.04. The summed E-state index contributed by atoms with van der Waals surface area (Å²) in [6.07, 6.45) is 11.8. The molecule has 0 spiro atoms. The average molecular weight is 254 g/mol. The SMILES string of the molecule is c1cc(CCC2(CCc3ccncc3)NN2)ccn1. The summed E-state index contributed by atoms with van der Waals surface area (Å²) in [5.74, 6) is 0. The molecule has 2 N–H and O–H groups in total. The van der Waals surface area contributed by atoms with Crippen LogP contribution in [-0.2, 0) is 12.8 Å². The fraction of sp³-hybridized carbons (Fsp3) is 0.333. The molecular weight excluding hydrogens is 236 g/mol. The third-order valence-electron chi connectivity index (χ3n) is 3.66. The number of aromatic nitrogens is 2. The number of hydrogen-bond acceptors (Lipinski definition) is 4. The van der Waals surface area contributed by atoms with Crippen molar-refractivity contribution in [1.82, 2.24) is 20.8 Å². The predicted molar refractivity (Wildman–Crippen MR) is 74.1 cm³/mol. The molecule has 2 aromatic heterocycles. The molecular formula is C15H18N4. The molecule has 4 heteroatoms. The quantitative estimate of drug-likeness (QED) is 0.772. The maximum Gasteiger partial charge on any atom is 0.0949 e. The molecule has 3 heterocycles. The Labute approximate surface area is 113 Å². The molecule has 1 aliphatic heterocycles. The van der Waals surface area contributed by atoms with Crippen LogP contribution in [0.25, 0.3) is 0 Å². The largest absolute Gasteiger partial charge is 0.265 e. The van der Waals surface area contributed by atoms with E-state index in [2.05, 4.69) is 45.1 Å². The van der Waals surface area contributed by atoms with E-state index >= 15 is 0 Å². The summed E-state index contributed by atoms with van der Waals surface area (Å²) in [4.78, 5) is 8.09. The van der Waals surface area contributed by atoms with Crippen LogP contribution in [0.4, 0.5) is 0 Å². The highest BCUT2D eigenvalue weighted by atomic mass is 15.7. The lowest BCUT2D eigenvalue weighted by Gasteiger charge is -2.11. The second-order valence-electron chi connectivity index (χ2n) is 5.04. The Morgan fingerprint density at radius 2 is 1.16 bits per heavy atom. The van der Waals surface area contributed by atoms with Crippen molar-refractivity contribution in [3.63, 3.8) is 0 Å². The van der Waals surface area contributed by atoms with E-state index in [1.54, 1.807) is 0 Å². The van der Waals surface area contributed by atoms with Crippen LogP contribution in [0.2, 0.25) is 0 Å². The van der Waals surface area contributed by atoms with Crippen LogP contribution >= 0.6 is 0 Å². The number of rotatable bonds is 6. The first-order valence-corrected chi connectivity index (χ1v) is 6.69. The molecule has 4 nitrogen and oxygen atoms in total. The van der Waals surface area contributed by atoms with Gasteiger partial charge in [0.25, 0.3) is 0 Å². The molecule has 0 amide bonds. The minimum Gasteiger partial charge on any atom is -0.265 e. The third kappa shape index (κ3) is 3.36. The molecule has 0 saturated carbocycles. The van der Waals surface area contributed by atoms with E-state index in [0.717, 1.165) is 25.7 Å². The number of nitrogens with one attached hydrogen (secondary N) is 2. The molecule has 2 aromatic rings. The van der Waals surface area contributed by atoms with Crippen LogP contribution in [0.3, 0.4) is 0 Å². The number of nitrogens with zero attached hydrogens (tertiary/aromatic N) is 2. The van der Waals surface area contributed by atoms with Crippen molar-refractivity contribution in [2.45, 2.75) is 31.3 Å². The van der Waals surface area contributed by atoms with Gasteiger partial charge in [0, 0.05) is 24.8 Å². The van der Waals surface area contributed by atoms with Crippen molar-refractivity contribution in [2.24, 2.45) is 0 Å². The van der Waals surface area contributed by atoms with Crippen LogP contribution in [0.15, 0.2) is 49.1 Å². The van der Waals surface area contributed by atoms with Crippen LogP contribution in [0.5, 0.6) is 0 Å². The van der Waals surface area contributed by atoms with E-state index in [-0.39, 0.29) is 5.66 Å². The summed E-state index contributed by atoms with van der Waals surface area (Å²) in [5.41, 5.74) is 9.41. The van der Waals surface area contributed by atoms with Crippen molar-refractivity contribution in [1.29, 1.82) is 0 Å². The molecule has 0 unspecified atom stereocenters. The molecule has 19 heavy (non-hydrogen) atoms. The maximum atomic E-state index is 4.04. The van der Waals surface area contributed by atoms with Crippen molar-refractivity contribution in [3.05, 3.63) is 60.2 Å².